The summed E-state index contributed by atoms with van der Waals surface area (Å²) >= 11 is 14.8. The lowest BCUT2D eigenvalue weighted by Crippen LogP contribution is -2.34. The summed E-state index contributed by atoms with van der Waals surface area (Å²) in [7, 11) is -3.48. The number of rotatable bonds is 5. The van der Waals surface area contributed by atoms with Gasteiger partial charge in [-0.15, -0.1) is 11.6 Å². The maximum atomic E-state index is 12.5. The number of alkyl halides is 1. The van der Waals surface area contributed by atoms with Gasteiger partial charge < -0.3 is 0 Å². The maximum Gasteiger partial charge on any atom is 0.243 e. The largest absolute Gasteiger partial charge is 0.243 e. The highest BCUT2D eigenvalue weighted by atomic mass is 79.9. The number of benzene rings is 1. The lowest BCUT2D eigenvalue weighted by Gasteiger charge is -2.21. The number of hydrogen-bond acceptors (Lipinski definition) is 2. The molecule has 18 heavy (non-hydrogen) atoms. The second kappa shape index (κ2) is 5.67. The van der Waals surface area contributed by atoms with Crippen LogP contribution in [-0.4, -0.2) is 31.2 Å². The van der Waals surface area contributed by atoms with E-state index in [-0.39, 0.29) is 10.9 Å². The summed E-state index contributed by atoms with van der Waals surface area (Å²) in [6.07, 6.45) is 1.82. The van der Waals surface area contributed by atoms with Crippen LogP contribution in [0.3, 0.4) is 0 Å². The average Bonchev–Trinajstić information content (AvgIpc) is 3.13. The fourth-order valence-electron chi connectivity index (χ4n) is 1.72. The summed E-state index contributed by atoms with van der Waals surface area (Å²) in [4.78, 5) is 0.246. The van der Waals surface area contributed by atoms with Crippen molar-refractivity contribution >= 4 is 49.2 Å². The Labute approximate surface area is 125 Å². The Kier molecular flexibility index (Phi) is 4.60. The van der Waals surface area contributed by atoms with Gasteiger partial charge in [-0.25, -0.2) is 8.42 Å². The zero-order chi connectivity index (χ0) is 13.3. The zero-order valence-corrected chi connectivity index (χ0v) is 13.4. The minimum Gasteiger partial charge on any atom is -0.207 e. The molecule has 1 aromatic rings. The van der Waals surface area contributed by atoms with E-state index in [0.29, 0.717) is 21.9 Å². The fraction of sp³-hybridized carbons (Fsp3) is 0.455. The van der Waals surface area contributed by atoms with Gasteiger partial charge in [0.25, 0.3) is 0 Å². The molecular weight excluding hydrogens is 361 g/mol. The van der Waals surface area contributed by atoms with Crippen LogP contribution in [0.1, 0.15) is 12.8 Å². The van der Waals surface area contributed by atoms with E-state index < -0.39 is 10.0 Å². The topological polar surface area (TPSA) is 37.4 Å². The van der Waals surface area contributed by atoms with E-state index >= 15 is 0 Å². The second-order valence-electron chi connectivity index (χ2n) is 4.11. The number of nitrogens with zero attached hydrogens (tertiary/aromatic N) is 1. The van der Waals surface area contributed by atoms with Gasteiger partial charge in [0.2, 0.25) is 10.0 Å². The van der Waals surface area contributed by atoms with Gasteiger partial charge in [-0.1, -0.05) is 11.6 Å². The van der Waals surface area contributed by atoms with E-state index in [1.165, 1.54) is 16.4 Å². The molecule has 0 aromatic heterocycles. The Hall–Kier alpha value is 0.190. The molecule has 1 aromatic carbocycles. The highest BCUT2D eigenvalue weighted by Crippen LogP contribution is 2.33. The molecule has 1 fully saturated rings. The molecule has 0 aliphatic heterocycles. The minimum absolute atomic E-state index is 0.100. The third kappa shape index (κ3) is 3.02. The number of halogens is 3. The predicted octanol–water partition coefficient (Wildman–Crippen LogP) is 3.49. The number of hydrogen-bond donors (Lipinski definition) is 0. The molecule has 0 saturated heterocycles. The van der Waals surface area contributed by atoms with E-state index in [1.54, 1.807) is 6.07 Å². The van der Waals surface area contributed by atoms with Gasteiger partial charge in [-0.2, -0.15) is 4.31 Å². The zero-order valence-electron chi connectivity index (χ0n) is 9.44. The summed E-state index contributed by atoms with van der Waals surface area (Å²) in [6, 6.07) is 4.72. The molecule has 2 rings (SSSR count). The van der Waals surface area contributed by atoms with Crippen molar-refractivity contribution in [1.82, 2.24) is 4.31 Å². The summed E-state index contributed by atoms with van der Waals surface area (Å²) in [5.74, 6) is 0.296. The van der Waals surface area contributed by atoms with Crippen LogP contribution in [0.4, 0.5) is 0 Å². The third-order valence-corrected chi connectivity index (χ3v) is 6.09. The lowest BCUT2D eigenvalue weighted by molar-refractivity contribution is 0.422. The van der Waals surface area contributed by atoms with Crippen molar-refractivity contribution in [1.29, 1.82) is 0 Å². The summed E-state index contributed by atoms with van der Waals surface area (Å²) in [6.45, 7) is 0.342. The molecule has 0 atom stereocenters. The number of sulfonamides is 1. The molecule has 0 spiro atoms. The van der Waals surface area contributed by atoms with Gasteiger partial charge in [0.1, 0.15) is 0 Å². The standard InChI is InChI=1S/C11H12BrCl2NO2S/c12-10-7-9(3-4-11(10)14)18(16,17)15(6-5-13)8-1-2-8/h3-4,7-8H,1-2,5-6H2. The van der Waals surface area contributed by atoms with Gasteiger partial charge >= 0.3 is 0 Å². The minimum atomic E-state index is -3.48. The highest BCUT2D eigenvalue weighted by molar-refractivity contribution is 9.10. The van der Waals surface area contributed by atoms with Gasteiger partial charge in [-0.05, 0) is 47.0 Å². The quantitative estimate of drug-likeness (QED) is 0.742. The predicted molar refractivity (Wildman–Crippen MR) is 76.8 cm³/mol. The van der Waals surface area contributed by atoms with E-state index in [9.17, 15) is 8.42 Å². The van der Waals surface area contributed by atoms with E-state index in [0.717, 1.165) is 12.8 Å². The molecule has 0 unspecified atom stereocenters. The van der Waals surface area contributed by atoms with Crippen LogP contribution in [0.5, 0.6) is 0 Å². The van der Waals surface area contributed by atoms with Crippen molar-refractivity contribution < 1.29 is 8.42 Å². The summed E-state index contributed by atoms with van der Waals surface area (Å²) in [5, 5.41) is 0.490. The monoisotopic (exact) mass is 371 g/mol. The third-order valence-electron chi connectivity index (χ3n) is 2.76. The van der Waals surface area contributed by atoms with Crippen molar-refractivity contribution in [2.24, 2.45) is 0 Å². The van der Waals surface area contributed by atoms with Crippen LogP contribution in [-0.2, 0) is 10.0 Å². The van der Waals surface area contributed by atoms with E-state index in [2.05, 4.69) is 15.9 Å². The second-order valence-corrected chi connectivity index (χ2v) is 7.64. The molecule has 7 heteroatoms. The lowest BCUT2D eigenvalue weighted by atomic mass is 10.4. The molecule has 0 amide bonds. The molecule has 0 bridgehead atoms. The first-order valence-corrected chi connectivity index (χ1v) is 8.64. The first kappa shape index (κ1) is 14.6. The van der Waals surface area contributed by atoms with Crippen molar-refractivity contribution in [3.63, 3.8) is 0 Å². The Morgan fingerprint density at radius 2 is 2.06 bits per heavy atom. The van der Waals surface area contributed by atoms with Crippen LogP contribution < -0.4 is 0 Å². The first-order chi connectivity index (χ1) is 8.46. The highest BCUT2D eigenvalue weighted by Gasteiger charge is 2.37. The normalized spacial score (nSPS) is 16.2. The Bertz CT molecular complexity index is 546. The van der Waals surface area contributed by atoms with Crippen LogP contribution >= 0.6 is 39.1 Å². The molecule has 1 saturated carbocycles. The van der Waals surface area contributed by atoms with Crippen molar-refractivity contribution in [2.45, 2.75) is 23.8 Å². The molecule has 0 heterocycles. The molecule has 3 nitrogen and oxygen atoms in total. The smallest absolute Gasteiger partial charge is 0.207 e. The van der Waals surface area contributed by atoms with Crippen LogP contribution in [0.25, 0.3) is 0 Å². The van der Waals surface area contributed by atoms with Crippen LogP contribution in [0, 0.1) is 0 Å². The van der Waals surface area contributed by atoms with Gasteiger partial charge in [0.05, 0.1) is 9.92 Å². The van der Waals surface area contributed by atoms with Crippen molar-refractivity contribution in [2.75, 3.05) is 12.4 Å². The van der Waals surface area contributed by atoms with Gasteiger partial charge in [-0.3, -0.25) is 0 Å². The first-order valence-electron chi connectivity index (χ1n) is 5.49. The fourth-order valence-corrected chi connectivity index (χ4v) is 4.36. The molecule has 100 valence electrons. The van der Waals surface area contributed by atoms with E-state index in [4.69, 9.17) is 23.2 Å². The molecule has 1 aliphatic rings. The molecule has 0 radical (unpaired) electrons. The summed E-state index contributed by atoms with van der Waals surface area (Å²) in [5.41, 5.74) is 0. The SMILES string of the molecule is O=S(=O)(c1ccc(Cl)c(Br)c1)N(CCCl)C1CC1. The molecule has 0 N–H and O–H groups in total. The average molecular weight is 373 g/mol. The van der Waals surface area contributed by atoms with E-state index in [1.807, 2.05) is 0 Å². The van der Waals surface area contributed by atoms with Gasteiger partial charge in [0, 0.05) is 22.9 Å². The Morgan fingerprint density at radius 1 is 1.39 bits per heavy atom. The maximum absolute atomic E-state index is 12.5. The van der Waals surface area contributed by atoms with Crippen LogP contribution in [0.15, 0.2) is 27.6 Å². The molecule has 1 aliphatic carbocycles. The Morgan fingerprint density at radius 3 is 2.56 bits per heavy atom. The molecular formula is C11H12BrCl2NO2S. The van der Waals surface area contributed by atoms with Crippen molar-refractivity contribution in [3.8, 4) is 0 Å². The van der Waals surface area contributed by atoms with Crippen molar-refractivity contribution in [3.05, 3.63) is 27.7 Å². The van der Waals surface area contributed by atoms with Gasteiger partial charge in [0.15, 0.2) is 0 Å². The Balaban J connectivity index is 2.36. The summed E-state index contributed by atoms with van der Waals surface area (Å²) < 4.78 is 27.0. The van der Waals surface area contributed by atoms with Crippen LogP contribution in [0.2, 0.25) is 5.02 Å².